The average Bonchev–Trinajstić information content (AvgIpc) is 2.65. The van der Waals surface area contributed by atoms with Crippen molar-refractivity contribution in [3.63, 3.8) is 0 Å². The molecule has 2 rings (SSSR count). The Morgan fingerprint density at radius 1 is 1.43 bits per heavy atom. The maximum Gasteiger partial charge on any atom is 0.407 e. The Morgan fingerprint density at radius 3 is 2.71 bits per heavy atom. The molecule has 2 atom stereocenters. The van der Waals surface area contributed by atoms with E-state index in [9.17, 15) is 4.79 Å². The summed E-state index contributed by atoms with van der Waals surface area (Å²) >= 11 is 3.55. The average molecular weight is 256 g/mol. The highest BCUT2D eigenvalue weighted by atomic mass is 79.9. The van der Waals surface area contributed by atoms with E-state index in [4.69, 9.17) is 4.74 Å². The van der Waals surface area contributed by atoms with Crippen LogP contribution in [-0.4, -0.2) is 18.7 Å². The van der Waals surface area contributed by atoms with E-state index < -0.39 is 0 Å². The maximum absolute atomic E-state index is 10.8. The summed E-state index contributed by atoms with van der Waals surface area (Å²) in [5.74, 6) is 0. The quantitative estimate of drug-likeness (QED) is 0.824. The van der Waals surface area contributed by atoms with Crippen LogP contribution in [0.2, 0.25) is 0 Å². The minimum atomic E-state index is -0.338. The normalized spacial score (nSPS) is 22.6. The van der Waals surface area contributed by atoms with Crippen molar-refractivity contribution in [2.75, 3.05) is 6.61 Å². The second-order valence-electron chi connectivity index (χ2n) is 3.16. The van der Waals surface area contributed by atoms with Crippen molar-refractivity contribution in [1.29, 1.82) is 0 Å². The van der Waals surface area contributed by atoms with Gasteiger partial charge in [0.1, 0.15) is 6.61 Å². The first-order valence-corrected chi connectivity index (χ1v) is 5.31. The molecule has 1 fully saturated rings. The molecule has 0 aliphatic carbocycles. The van der Waals surface area contributed by atoms with Gasteiger partial charge in [-0.3, -0.25) is 0 Å². The fourth-order valence-corrected chi connectivity index (χ4v) is 2.02. The van der Waals surface area contributed by atoms with Crippen LogP contribution in [0.3, 0.4) is 0 Å². The van der Waals surface area contributed by atoms with E-state index in [1.165, 1.54) is 0 Å². The van der Waals surface area contributed by atoms with Crippen LogP contribution in [0.25, 0.3) is 0 Å². The summed E-state index contributed by atoms with van der Waals surface area (Å²) in [5, 5.41) is 2.74. The van der Waals surface area contributed by atoms with Gasteiger partial charge in [0.25, 0.3) is 0 Å². The van der Waals surface area contributed by atoms with E-state index in [2.05, 4.69) is 21.2 Å². The predicted molar refractivity (Wildman–Crippen MR) is 56.4 cm³/mol. The van der Waals surface area contributed by atoms with Crippen LogP contribution in [0.4, 0.5) is 4.79 Å². The Morgan fingerprint density at radius 2 is 2.14 bits per heavy atom. The fourth-order valence-electron chi connectivity index (χ4n) is 1.43. The largest absolute Gasteiger partial charge is 0.447 e. The molecule has 3 nitrogen and oxygen atoms in total. The van der Waals surface area contributed by atoms with Gasteiger partial charge in [0, 0.05) is 0 Å². The van der Waals surface area contributed by atoms with Crippen molar-refractivity contribution in [2.24, 2.45) is 0 Å². The van der Waals surface area contributed by atoms with Gasteiger partial charge in [-0.1, -0.05) is 46.3 Å². The van der Waals surface area contributed by atoms with Gasteiger partial charge in [-0.25, -0.2) is 4.79 Å². The lowest BCUT2D eigenvalue weighted by molar-refractivity contribution is 0.177. The lowest BCUT2D eigenvalue weighted by Gasteiger charge is -2.15. The molecular formula is C10H10BrNO2. The number of ether oxygens (including phenoxy) is 1. The molecule has 0 radical (unpaired) electrons. The molecule has 1 aliphatic heterocycles. The summed E-state index contributed by atoms with van der Waals surface area (Å²) < 4.78 is 4.83. The van der Waals surface area contributed by atoms with Gasteiger partial charge < -0.3 is 10.1 Å². The molecule has 0 saturated carbocycles. The number of hydrogen-bond donors (Lipinski definition) is 1. The zero-order chi connectivity index (χ0) is 9.97. The third-order valence-electron chi connectivity index (χ3n) is 2.17. The highest BCUT2D eigenvalue weighted by Gasteiger charge is 2.29. The maximum atomic E-state index is 10.8. The van der Waals surface area contributed by atoms with Crippen LogP contribution in [0.1, 0.15) is 10.4 Å². The molecule has 0 aromatic heterocycles. The standard InChI is InChI=1S/C10H10BrNO2/c11-9(7-4-2-1-3-5-7)8-6-14-10(13)12-8/h1-5,8-9H,6H2,(H,12,13)/t8-,9-/m0/s1. The molecule has 1 aromatic rings. The van der Waals surface area contributed by atoms with Crippen molar-refractivity contribution in [2.45, 2.75) is 10.9 Å². The third kappa shape index (κ3) is 1.90. The van der Waals surface area contributed by atoms with E-state index in [1.54, 1.807) is 0 Å². The van der Waals surface area contributed by atoms with E-state index in [-0.39, 0.29) is 17.0 Å². The highest BCUT2D eigenvalue weighted by molar-refractivity contribution is 9.09. The minimum Gasteiger partial charge on any atom is -0.447 e. The number of halogens is 1. The molecule has 1 heterocycles. The van der Waals surface area contributed by atoms with E-state index in [0.717, 1.165) is 5.56 Å². The number of rotatable bonds is 2. The molecule has 1 aliphatic rings. The summed E-state index contributed by atoms with van der Waals surface area (Å²) in [6.07, 6.45) is -0.338. The van der Waals surface area contributed by atoms with Crippen LogP contribution < -0.4 is 5.32 Å². The van der Waals surface area contributed by atoms with Gasteiger partial charge in [0.05, 0.1) is 10.9 Å². The Labute approximate surface area is 90.6 Å². The SMILES string of the molecule is O=C1N[C@H]([C@@H](Br)c2ccccc2)CO1. The number of alkyl carbamates (subject to hydrolysis) is 1. The molecule has 4 heteroatoms. The predicted octanol–water partition coefficient (Wildman–Crippen LogP) is 2.23. The van der Waals surface area contributed by atoms with Gasteiger partial charge in [0.2, 0.25) is 0 Å². The van der Waals surface area contributed by atoms with Crippen LogP contribution in [0.5, 0.6) is 0 Å². The molecule has 14 heavy (non-hydrogen) atoms. The second kappa shape index (κ2) is 4.00. The lowest BCUT2D eigenvalue weighted by Crippen LogP contribution is -2.29. The first-order chi connectivity index (χ1) is 6.77. The number of alkyl halides is 1. The summed E-state index contributed by atoms with van der Waals surface area (Å²) in [7, 11) is 0. The number of carbonyl (C=O) groups is 1. The Hall–Kier alpha value is -1.03. The first-order valence-electron chi connectivity index (χ1n) is 4.39. The number of nitrogens with one attached hydrogen (secondary N) is 1. The summed E-state index contributed by atoms with van der Waals surface area (Å²) in [5.41, 5.74) is 1.14. The van der Waals surface area contributed by atoms with Gasteiger partial charge in [-0.05, 0) is 5.56 Å². The molecular weight excluding hydrogens is 246 g/mol. The van der Waals surface area contributed by atoms with Crippen molar-refractivity contribution in [1.82, 2.24) is 5.32 Å². The molecule has 1 saturated heterocycles. The van der Waals surface area contributed by atoms with Gasteiger partial charge in [0.15, 0.2) is 0 Å². The fraction of sp³-hybridized carbons (Fsp3) is 0.300. The van der Waals surface area contributed by atoms with Crippen LogP contribution >= 0.6 is 15.9 Å². The Kier molecular flexibility index (Phi) is 2.72. The first kappa shape index (κ1) is 9.52. The lowest BCUT2D eigenvalue weighted by atomic mass is 10.1. The van der Waals surface area contributed by atoms with Gasteiger partial charge in [-0.15, -0.1) is 0 Å². The van der Waals surface area contributed by atoms with Gasteiger partial charge in [-0.2, -0.15) is 0 Å². The molecule has 1 amide bonds. The molecule has 1 aromatic carbocycles. The van der Waals surface area contributed by atoms with Crippen molar-refractivity contribution < 1.29 is 9.53 Å². The molecule has 0 spiro atoms. The van der Waals surface area contributed by atoms with Gasteiger partial charge >= 0.3 is 6.09 Å². The van der Waals surface area contributed by atoms with Crippen molar-refractivity contribution in [3.05, 3.63) is 35.9 Å². The molecule has 0 unspecified atom stereocenters. The summed E-state index contributed by atoms with van der Waals surface area (Å²) in [6.45, 7) is 0.420. The number of carbonyl (C=O) groups excluding carboxylic acids is 1. The zero-order valence-electron chi connectivity index (χ0n) is 7.44. The number of benzene rings is 1. The van der Waals surface area contributed by atoms with Crippen molar-refractivity contribution >= 4 is 22.0 Å². The van der Waals surface area contributed by atoms with E-state index in [0.29, 0.717) is 6.61 Å². The van der Waals surface area contributed by atoms with Crippen LogP contribution in [-0.2, 0) is 4.74 Å². The number of hydrogen-bond acceptors (Lipinski definition) is 2. The molecule has 74 valence electrons. The minimum absolute atomic E-state index is 0.0184. The Bertz CT molecular complexity index is 328. The van der Waals surface area contributed by atoms with E-state index >= 15 is 0 Å². The zero-order valence-corrected chi connectivity index (χ0v) is 9.03. The monoisotopic (exact) mass is 255 g/mol. The second-order valence-corrected chi connectivity index (χ2v) is 4.15. The van der Waals surface area contributed by atoms with E-state index in [1.807, 2.05) is 30.3 Å². The third-order valence-corrected chi connectivity index (χ3v) is 3.34. The van der Waals surface area contributed by atoms with Crippen LogP contribution in [0, 0.1) is 0 Å². The summed E-state index contributed by atoms with van der Waals surface area (Å²) in [4.78, 5) is 10.9. The number of cyclic esters (lactones) is 1. The summed E-state index contributed by atoms with van der Waals surface area (Å²) in [6, 6.07) is 9.97. The Balaban J connectivity index is 2.09. The van der Waals surface area contributed by atoms with Crippen molar-refractivity contribution in [3.8, 4) is 0 Å². The number of amides is 1. The smallest absolute Gasteiger partial charge is 0.407 e. The molecule has 0 bridgehead atoms. The molecule has 1 N–H and O–H groups in total. The highest BCUT2D eigenvalue weighted by Crippen LogP contribution is 2.28. The van der Waals surface area contributed by atoms with Crippen LogP contribution in [0.15, 0.2) is 30.3 Å². The topological polar surface area (TPSA) is 38.3 Å².